The fourth-order valence-corrected chi connectivity index (χ4v) is 4.11. The van der Waals surface area contributed by atoms with Gasteiger partial charge in [-0.1, -0.05) is 54.6 Å². The van der Waals surface area contributed by atoms with Gasteiger partial charge in [0.1, 0.15) is 12.1 Å². The van der Waals surface area contributed by atoms with Gasteiger partial charge in [-0.15, -0.1) is 0 Å². The van der Waals surface area contributed by atoms with E-state index < -0.39 is 0 Å². The molecule has 7 nitrogen and oxygen atoms in total. The number of nitrogens with zero attached hydrogens (tertiary/aromatic N) is 2. The summed E-state index contributed by atoms with van der Waals surface area (Å²) >= 11 is 0. The zero-order chi connectivity index (χ0) is 24.9. The Hall–Kier alpha value is -4.17. The van der Waals surface area contributed by atoms with E-state index in [9.17, 15) is 9.18 Å². The van der Waals surface area contributed by atoms with Gasteiger partial charge in [-0.2, -0.15) is 0 Å². The number of hydrogen-bond acceptors (Lipinski definition) is 6. The molecule has 3 aromatic carbocycles. The number of oxazole rings is 1. The van der Waals surface area contributed by atoms with Crippen LogP contribution in [0.4, 0.5) is 4.39 Å². The number of carbonyl (C=O) groups excluding carboxylic acids is 1. The van der Waals surface area contributed by atoms with Gasteiger partial charge in [0.05, 0.1) is 12.6 Å². The third-order valence-corrected chi connectivity index (χ3v) is 5.99. The molecule has 4 aromatic rings. The molecule has 0 saturated carbocycles. The maximum absolute atomic E-state index is 14.4. The van der Waals surface area contributed by atoms with Crippen molar-refractivity contribution in [2.45, 2.75) is 32.6 Å². The van der Waals surface area contributed by atoms with E-state index in [0.717, 1.165) is 11.1 Å². The molecular weight excluding hydrogens is 461 g/mol. The van der Waals surface area contributed by atoms with Crippen LogP contribution in [-0.2, 0) is 19.6 Å². The molecule has 5 rings (SSSR count). The van der Waals surface area contributed by atoms with E-state index in [1.54, 1.807) is 18.2 Å². The summed E-state index contributed by atoms with van der Waals surface area (Å²) in [5.74, 6) is 1.14. The second-order valence-corrected chi connectivity index (χ2v) is 8.66. The molecule has 1 N–H and O–H groups in total. The highest BCUT2D eigenvalue weighted by Gasteiger charge is 2.20. The van der Waals surface area contributed by atoms with Crippen LogP contribution in [0.1, 0.15) is 46.0 Å². The Labute approximate surface area is 208 Å². The summed E-state index contributed by atoms with van der Waals surface area (Å²) < 4.78 is 30.9. The smallest absolute Gasteiger partial charge is 0.273 e. The quantitative estimate of drug-likeness (QED) is 0.348. The Balaban J connectivity index is 1.30. The van der Waals surface area contributed by atoms with Crippen molar-refractivity contribution in [1.29, 1.82) is 0 Å². The lowest BCUT2D eigenvalue weighted by Crippen LogP contribution is -2.27. The Kier molecular flexibility index (Phi) is 6.95. The standard InChI is InChI=1S/C28H26FN3O4/c1-19(21-7-3-2-4-8-21)30-28(33)24-17-34-27(31-24)16-32(15-22-9-5-6-10-23(22)29)14-20-11-12-25-26(13-20)36-18-35-25/h2-13,17,19H,14-16,18H2,1H3,(H,30,33). The van der Waals surface area contributed by atoms with Crippen LogP contribution in [0.25, 0.3) is 0 Å². The van der Waals surface area contributed by atoms with E-state index in [-0.39, 0.29) is 36.8 Å². The number of nitrogens with one attached hydrogen (secondary N) is 1. The van der Waals surface area contributed by atoms with Crippen LogP contribution < -0.4 is 14.8 Å². The zero-order valence-electron chi connectivity index (χ0n) is 19.8. The number of carbonyl (C=O) groups is 1. The van der Waals surface area contributed by atoms with Crippen molar-refractivity contribution in [2.75, 3.05) is 6.79 Å². The summed E-state index contributed by atoms with van der Waals surface area (Å²) in [6.45, 7) is 3.21. The van der Waals surface area contributed by atoms with E-state index >= 15 is 0 Å². The molecule has 0 fully saturated rings. The molecule has 0 aliphatic carbocycles. The Morgan fingerprint density at radius 3 is 2.61 bits per heavy atom. The number of amides is 1. The van der Waals surface area contributed by atoms with Crippen LogP contribution in [0, 0.1) is 5.82 Å². The fourth-order valence-electron chi connectivity index (χ4n) is 4.11. The Bertz CT molecular complexity index is 1340. The van der Waals surface area contributed by atoms with Gasteiger partial charge in [0.25, 0.3) is 5.91 Å². The molecule has 1 atom stereocenters. The number of hydrogen-bond donors (Lipinski definition) is 1. The molecule has 1 amide bonds. The van der Waals surface area contributed by atoms with Gasteiger partial charge < -0.3 is 19.2 Å². The number of benzene rings is 3. The van der Waals surface area contributed by atoms with E-state index in [2.05, 4.69) is 10.3 Å². The minimum Gasteiger partial charge on any atom is -0.454 e. The summed E-state index contributed by atoms with van der Waals surface area (Å²) in [4.78, 5) is 19.1. The zero-order valence-corrected chi connectivity index (χ0v) is 19.8. The van der Waals surface area contributed by atoms with Crippen molar-refractivity contribution >= 4 is 5.91 Å². The van der Waals surface area contributed by atoms with E-state index in [0.29, 0.717) is 36.0 Å². The lowest BCUT2D eigenvalue weighted by Gasteiger charge is -2.21. The fraction of sp³-hybridized carbons (Fsp3) is 0.214. The molecule has 184 valence electrons. The molecule has 8 heteroatoms. The number of halogens is 1. The molecule has 1 aromatic heterocycles. The van der Waals surface area contributed by atoms with Crippen LogP contribution in [0.5, 0.6) is 11.5 Å². The maximum Gasteiger partial charge on any atom is 0.273 e. The SMILES string of the molecule is CC(NC(=O)c1coc(CN(Cc2ccc3c(c2)OCO3)Cc2ccccc2F)n1)c1ccccc1. The predicted molar refractivity (Wildman–Crippen MR) is 131 cm³/mol. The predicted octanol–water partition coefficient (Wildman–Crippen LogP) is 5.24. The summed E-state index contributed by atoms with van der Waals surface area (Å²) in [5, 5.41) is 2.94. The van der Waals surface area contributed by atoms with Gasteiger partial charge >= 0.3 is 0 Å². The van der Waals surface area contributed by atoms with Crippen LogP contribution in [-0.4, -0.2) is 22.6 Å². The number of aromatic nitrogens is 1. The van der Waals surface area contributed by atoms with Gasteiger partial charge in [-0.05, 0) is 36.2 Å². The molecule has 1 unspecified atom stereocenters. The molecule has 0 spiro atoms. The molecule has 1 aliphatic heterocycles. The summed E-state index contributed by atoms with van der Waals surface area (Å²) in [6, 6.07) is 21.9. The average Bonchev–Trinajstić information content (AvgIpc) is 3.55. The molecular formula is C28H26FN3O4. The highest BCUT2D eigenvalue weighted by molar-refractivity contribution is 5.92. The van der Waals surface area contributed by atoms with Crippen molar-refractivity contribution in [1.82, 2.24) is 15.2 Å². The van der Waals surface area contributed by atoms with Gasteiger partial charge in [0.15, 0.2) is 17.2 Å². The number of rotatable bonds is 9. The van der Waals surface area contributed by atoms with E-state index in [1.807, 2.05) is 60.4 Å². The highest BCUT2D eigenvalue weighted by Crippen LogP contribution is 2.33. The molecule has 0 saturated heterocycles. The monoisotopic (exact) mass is 487 g/mol. The minimum absolute atomic E-state index is 0.178. The third kappa shape index (κ3) is 5.55. The number of ether oxygens (including phenoxy) is 2. The first-order valence-electron chi connectivity index (χ1n) is 11.7. The van der Waals surface area contributed by atoms with Gasteiger partial charge in [0, 0.05) is 18.7 Å². The summed E-state index contributed by atoms with van der Waals surface area (Å²) in [5.41, 5.74) is 2.72. The molecule has 36 heavy (non-hydrogen) atoms. The first-order chi connectivity index (χ1) is 17.5. The van der Waals surface area contributed by atoms with Gasteiger partial charge in [-0.25, -0.2) is 9.37 Å². The normalized spacial score (nSPS) is 13.1. The maximum atomic E-state index is 14.4. The van der Waals surface area contributed by atoms with E-state index in [4.69, 9.17) is 13.9 Å². The van der Waals surface area contributed by atoms with Crippen molar-refractivity contribution in [3.05, 3.63) is 113 Å². The van der Waals surface area contributed by atoms with Crippen molar-refractivity contribution in [3.63, 3.8) is 0 Å². The lowest BCUT2D eigenvalue weighted by atomic mass is 10.1. The van der Waals surface area contributed by atoms with Crippen LogP contribution in [0.2, 0.25) is 0 Å². The average molecular weight is 488 g/mol. The Morgan fingerprint density at radius 1 is 1.00 bits per heavy atom. The second kappa shape index (κ2) is 10.6. The second-order valence-electron chi connectivity index (χ2n) is 8.66. The van der Waals surface area contributed by atoms with Gasteiger partial charge in [-0.3, -0.25) is 9.69 Å². The van der Waals surface area contributed by atoms with Crippen LogP contribution >= 0.6 is 0 Å². The van der Waals surface area contributed by atoms with Gasteiger partial charge in [0.2, 0.25) is 12.7 Å². The minimum atomic E-state index is -0.322. The van der Waals surface area contributed by atoms with Crippen LogP contribution in [0.15, 0.2) is 83.5 Å². The highest BCUT2D eigenvalue weighted by atomic mass is 19.1. The largest absolute Gasteiger partial charge is 0.454 e. The molecule has 0 bridgehead atoms. The molecule has 1 aliphatic rings. The summed E-state index contributed by atoms with van der Waals surface area (Å²) in [6.07, 6.45) is 1.35. The van der Waals surface area contributed by atoms with Crippen LogP contribution in [0.3, 0.4) is 0 Å². The third-order valence-electron chi connectivity index (χ3n) is 5.99. The van der Waals surface area contributed by atoms with Crippen molar-refractivity contribution in [2.24, 2.45) is 0 Å². The first-order valence-corrected chi connectivity index (χ1v) is 11.7. The lowest BCUT2D eigenvalue weighted by molar-refractivity contribution is 0.0934. The van der Waals surface area contributed by atoms with Crippen molar-refractivity contribution in [3.8, 4) is 11.5 Å². The number of fused-ring (bicyclic) bond motifs is 1. The summed E-state index contributed by atoms with van der Waals surface area (Å²) in [7, 11) is 0. The molecule has 0 radical (unpaired) electrons. The first kappa shape index (κ1) is 23.6. The topological polar surface area (TPSA) is 76.8 Å². The van der Waals surface area contributed by atoms with E-state index in [1.165, 1.54) is 12.3 Å². The molecule has 2 heterocycles. The van der Waals surface area contributed by atoms with Crippen molar-refractivity contribution < 1.29 is 23.1 Å². The Morgan fingerprint density at radius 2 is 1.78 bits per heavy atom.